The summed E-state index contributed by atoms with van der Waals surface area (Å²) in [7, 11) is 0. The Hall–Kier alpha value is -7.14. The first-order valence-electron chi connectivity index (χ1n) is 19.1. The molecule has 6 aromatic rings. The van der Waals surface area contributed by atoms with Gasteiger partial charge in [0, 0.05) is 41.9 Å². The van der Waals surface area contributed by atoms with Crippen LogP contribution in [-0.4, -0.2) is 75.7 Å². The van der Waals surface area contributed by atoms with E-state index in [0.29, 0.717) is 34.6 Å². The summed E-state index contributed by atoms with van der Waals surface area (Å²) < 4.78 is 13.8. The van der Waals surface area contributed by atoms with Crippen molar-refractivity contribution in [1.82, 2.24) is 39.9 Å². The molecule has 2 amide bonds. The van der Waals surface area contributed by atoms with E-state index in [1.807, 2.05) is 20.8 Å². The van der Waals surface area contributed by atoms with Crippen molar-refractivity contribution in [2.75, 3.05) is 13.1 Å². The Kier molecular flexibility index (Phi) is 9.83. The summed E-state index contributed by atoms with van der Waals surface area (Å²) in [6, 6.07) is 12.9. The van der Waals surface area contributed by atoms with Gasteiger partial charge in [-0.3, -0.25) is 19.1 Å². The molecule has 302 valence electrons. The van der Waals surface area contributed by atoms with E-state index in [0.717, 1.165) is 16.5 Å². The van der Waals surface area contributed by atoms with Crippen LogP contribution in [0.2, 0.25) is 0 Å². The standard InChI is InChI=1S/C42H40N8O9/c1-5-24-26-14-23(9-10-31(26)46-35-28(24)19-49-32(35)16-30-29(39(49)54)20-58-40(55)42(30,57)6-2)59-41(56)45-13-12-44-38(53)37-48-47-36(50(37)22-8-7-11-43-18-22)27-15-25(21(3)4)33(51)17-34(27)52/h7-11,14-18,21,51-52,57H,5-6,12-13,19-20H2,1-4H3,(H,44,53)(H,45,56). The van der Waals surface area contributed by atoms with Gasteiger partial charge in [0.1, 0.15) is 23.9 Å². The third-order valence-electron chi connectivity index (χ3n) is 10.8. The molecule has 4 aromatic heterocycles. The number of fused-ring (bicyclic) bond motifs is 5. The third kappa shape index (κ3) is 6.58. The molecule has 17 heteroatoms. The van der Waals surface area contributed by atoms with Gasteiger partial charge in [0.15, 0.2) is 11.4 Å². The van der Waals surface area contributed by atoms with Crippen molar-refractivity contribution < 1.29 is 39.2 Å². The van der Waals surface area contributed by atoms with Crippen molar-refractivity contribution in [3.05, 3.63) is 105 Å². The first-order chi connectivity index (χ1) is 28.3. The molecule has 59 heavy (non-hydrogen) atoms. The van der Waals surface area contributed by atoms with Crippen molar-refractivity contribution in [3.8, 4) is 45.7 Å². The number of aromatic nitrogens is 6. The number of carbonyl (C=O) groups excluding carboxylic acids is 3. The van der Waals surface area contributed by atoms with E-state index < -0.39 is 23.6 Å². The average molecular weight is 801 g/mol. The lowest BCUT2D eigenvalue weighted by atomic mass is 9.86. The number of hydrogen-bond acceptors (Lipinski definition) is 13. The van der Waals surface area contributed by atoms with E-state index in [2.05, 4.69) is 25.8 Å². The number of rotatable bonds is 10. The zero-order chi connectivity index (χ0) is 41.7. The summed E-state index contributed by atoms with van der Waals surface area (Å²) in [4.78, 5) is 61.6. The molecule has 2 aliphatic rings. The van der Waals surface area contributed by atoms with Crippen LogP contribution in [0, 0.1) is 0 Å². The van der Waals surface area contributed by atoms with Crippen LogP contribution in [0.4, 0.5) is 4.79 Å². The Morgan fingerprint density at radius 3 is 2.53 bits per heavy atom. The van der Waals surface area contributed by atoms with E-state index in [4.69, 9.17) is 14.5 Å². The minimum absolute atomic E-state index is 0.00139. The quantitative estimate of drug-likeness (QED) is 0.0959. The lowest BCUT2D eigenvalue weighted by Gasteiger charge is -2.31. The van der Waals surface area contributed by atoms with Gasteiger partial charge in [-0.15, -0.1) is 10.2 Å². The highest BCUT2D eigenvalue weighted by atomic mass is 16.6. The van der Waals surface area contributed by atoms with Gasteiger partial charge >= 0.3 is 12.1 Å². The molecule has 0 aliphatic carbocycles. The summed E-state index contributed by atoms with van der Waals surface area (Å²) in [5, 5.41) is 46.8. The Morgan fingerprint density at radius 1 is 1.00 bits per heavy atom. The molecular weight excluding hydrogens is 761 g/mol. The van der Waals surface area contributed by atoms with Gasteiger partial charge in [0.2, 0.25) is 5.82 Å². The zero-order valence-electron chi connectivity index (χ0n) is 32.6. The topological polar surface area (TPSA) is 233 Å². The summed E-state index contributed by atoms with van der Waals surface area (Å²) >= 11 is 0. The second-order valence-corrected chi connectivity index (χ2v) is 14.6. The maximum absolute atomic E-state index is 13.7. The van der Waals surface area contributed by atoms with E-state index >= 15 is 0 Å². The summed E-state index contributed by atoms with van der Waals surface area (Å²) in [6.45, 7) is 7.42. The monoisotopic (exact) mass is 800 g/mol. The van der Waals surface area contributed by atoms with Gasteiger partial charge in [-0.05, 0) is 72.4 Å². The van der Waals surface area contributed by atoms with Crippen LogP contribution in [0.1, 0.15) is 78.5 Å². The molecule has 17 nitrogen and oxygen atoms in total. The number of ether oxygens (including phenoxy) is 2. The normalized spacial score (nSPS) is 15.4. The number of pyridine rings is 3. The van der Waals surface area contributed by atoms with Gasteiger partial charge in [0.05, 0.1) is 46.5 Å². The van der Waals surface area contributed by atoms with Crippen molar-refractivity contribution >= 4 is 28.9 Å². The number of phenols is 2. The van der Waals surface area contributed by atoms with Gasteiger partial charge in [-0.25, -0.2) is 14.6 Å². The second-order valence-electron chi connectivity index (χ2n) is 14.6. The molecule has 5 N–H and O–H groups in total. The van der Waals surface area contributed by atoms with E-state index in [1.165, 1.54) is 16.8 Å². The van der Waals surface area contributed by atoms with Crippen LogP contribution in [0.15, 0.2) is 65.7 Å². The number of nitrogens with one attached hydrogen (secondary N) is 2. The first kappa shape index (κ1) is 38.7. The highest BCUT2D eigenvalue weighted by Crippen LogP contribution is 2.41. The minimum atomic E-state index is -1.93. The Bertz CT molecular complexity index is 2760. The van der Waals surface area contributed by atoms with Gasteiger partial charge in [0.25, 0.3) is 11.5 Å². The lowest BCUT2D eigenvalue weighted by molar-refractivity contribution is -0.172. The highest BCUT2D eigenvalue weighted by Gasteiger charge is 2.45. The Balaban J connectivity index is 0.968. The number of nitrogens with zero attached hydrogens (tertiary/aromatic N) is 6. The number of aromatic hydroxyl groups is 2. The lowest BCUT2D eigenvalue weighted by Crippen LogP contribution is -2.44. The fourth-order valence-electron chi connectivity index (χ4n) is 7.74. The number of aryl methyl sites for hydroxylation is 1. The predicted octanol–water partition coefficient (Wildman–Crippen LogP) is 4.34. The molecule has 1 atom stereocenters. The number of carbonyl (C=O) groups is 3. The number of amides is 2. The fraction of sp³-hybridized carbons (Fsp3) is 0.286. The van der Waals surface area contributed by atoms with Gasteiger partial charge in [-0.1, -0.05) is 27.7 Å². The fourth-order valence-corrected chi connectivity index (χ4v) is 7.74. The number of esters is 1. The van der Waals surface area contributed by atoms with Crippen LogP contribution in [-0.2, 0) is 34.7 Å². The molecule has 2 aromatic carbocycles. The second kappa shape index (κ2) is 15.0. The van der Waals surface area contributed by atoms with Crippen LogP contribution in [0.5, 0.6) is 17.2 Å². The van der Waals surface area contributed by atoms with E-state index in [1.54, 1.807) is 60.2 Å². The predicted molar refractivity (Wildman–Crippen MR) is 212 cm³/mol. The van der Waals surface area contributed by atoms with Crippen molar-refractivity contribution in [2.24, 2.45) is 0 Å². The maximum atomic E-state index is 13.7. The molecule has 6 heterocycles. The number of aliphatic hydroxyl groups is 1. The molecule has 0 saturated heterocycles. The number of phenolic OH excluding ortho intramolecular Hbond substituents is 2. The smallest absolute Gasteiger partial charge is 0.412 e. The summed E-state index contributed by atoms with van der Waals surface area (Å²) in [5.41, 5.74) is 2.87. The van der Waals surface area contributed by atoms with E-state index in [-0.39, 0.29) is 89.7 Å². The first-order valence-corrected chi connectivity index (χ1v) is 19.1. The number of benzene rings is 2. The largest absolute Gasteiger partial charge is 0.508 e. The van der Waals surface area contributed by atoms with Crippen molar-refractivity contribution in [3.63, 3.8) is 0 Å². The molecule has 0 radical (unpaired) electrons. The molecule has 0 fully saturated rings. The van der Waals surface area contributed by atoms with Crippen LogP contribution >= 0.6 is 0 Å². The summed E-state index contributed by atoms with van der Waals surface area (Å²) in [5.74, 6) is -1.50. The Labute approximate surface area is 336 Å². The van der Waals surface area contributed by atoms with Crippen LogP contribution < -0.4 is 20.9 Å². The molecule has 0 saturated carbocycles. The molecular formula is C42H40N8O9. The summed E-state index contributed by atoms with van der Waals surface area (Å²) in [6.07, 6.45) is 2.93. The molecule has 0 bridgehead atoms. The van der Waals surface area contributed by atoms with Crippen molar-refractivity contribution in [2.45, 2.75) is 65.2 Å². The molecule has 8 rings (SSSR count). The highest BCUT2D eigenvalue weighted by molar-refractivity contribution is 5.93. The number of cyclic esters (lactones) is 1. The van der Waals surface area contributed by atoms with Gasteiger partial charge in [-0.2, -0.15) is 0 Å². The molecule has 0 spiro atoms. The van der Waals surface area contributed by atoms with Gasteiger partial charge < -0.3 is 40.0 Å². The maximum Gasteiger partial charge on any atom is 0.412 e. The van der Waals surface area contributed by atoms with E-state index in [9.17, 15) is 34.5 Å². The molecule has 2 aliphatic heterocycles. The Morgan fingerprint density at radius 2 is 1.80 bits per heavy atom. The minimum Gasteiger partial charge on any atom is -0.508 e. The van der Waals surface area contributed by atoms with Crippen molar-refractivity contribution in [1.29, 1.82) is 0 Å². The third-order valence-corrected chi connectivity index (χ3v) is 10.8. The average Bonchev–Trinajstić information content (AvgIpc) is 3.83. The molecule has 1 unspecified atom stereocenters. The zero-order valence-corrected chi connectivity index (χ0v) is 32.6. The van der Waals surface area contributed by atoms with Crippen LogP contribution in [0.25, 0.3) is 39.4 Å². The SMILES string of the molecule is CCc1c2c(nc3ccc(OC(=O)NCCNC(=O)c4nnc(-c5cc(C(C)C)c(O)cc5O)n4-c4cccnc4)cc13)-c1cc3c(c(=O)n1C2)COC(=O)C3(O)CC. The van der Waals surface area contributed by atoms with Crippen LogP contribution in [0.3, 0.4) is 0 Å². The number of hydrogen-bond donors (Lipinski definition) is 5.